The predicted octanol–water partition coefficient (Wildman–Crippen LogP) is 2.05. The summed E-state index contributed by atoms with van der Waals surface area (Å²) in [5, 5.41) is 0. The first-order chi connectivity index (χ1) is 7.20. The molecule has 0 saturated carbocycles. The molecule has 0 radical (unpaired) electrons. The molecule has 0 aliphatic carbocycles. The van der Waals surface area contributed by atoms with Gasteiger partial charge in [-0.2, -0.15) is 0 Å². The molecule has 0 aliphatic rings. The van der Waals surface area contributed by atoms with E-state index in [2.05, 4.69) is 4.98 Å². The summed E-state index contributed by atoms with van der Waals surface area (Å²) in [6.45, 7) is 0. The fraction of sp³-hybridized carbons (Fsp3) is 0. The lowest BCUT2D eigenvalue weighted by Crippen LogP contribution is -1.99. The van der Waals surface area contributed by atoms with Crippen LogP contribution >= 0.6 is 0 Å². The van der Waals surface area contributed by atoms with Gasteiger partial charge < -0.3 is 11.5 Å². The number of aromatic nitrogens is 1. The molecule has 1 aromatic carbocycles. The van der Waals surface area contributed by atoms with Gasteiger partial charge in [0, 0.05) is 17.3 Å². The fourth-order valence-electron chi connectivity index (χ4n) is 1.38. The van der Waals surface area contributed by atoms with Gasteiger partial charge in [0.05, 0.1) is 17.6 Å². The minimum absolute atomic E-state index is 0.336. The highest BCUT2D eigenvalue weighted by atomic mass is 19.1. The van der Waals surface area contributed by atoms with Crippen LogP contribution in [0.15, 0.2) is 36.7 Å². The Morgan fingerprint density at radius 2 is 1.73 bits per heavy atom. The minimum Gasteiger partial charge on any atom is -0.396 e. The zero-order chi connectivity index (χ0) is 10.8. The maximum atomic E-state index is 13.5. The zero-order valence-corrected chi connectivity index (χ0v) is 7.94. The van der Waals surface area contributed by atoms with Gasteiger partial charge in [-0.25, -0.2) is 4.39 Å². The van der Waals surface area contributed by atoms with E-state index in [1.54, 1.807) is 18.2 Å². The molecule has 0 spiro atoms. The summed E-state index contributed by atoms with van der Waals surface area (Å²) in [6, 6.07) is 6.37. The quantitative estimate of drug-likeness (QED) is 0.745. The summed E-state index contributed by atoms with van der Waals surface area (Å²) < 4.78 is 13.5. The molecule has 1 aromatic heterocycles. The largest absolute Gasteiger partial charge is 0.396 e. The second-order valence-corrected chi connectivity index (χ2v) is 3.17. The Morgan fingerprint density at radius 3 is 2.47 bits per heavy atom. The van der Waals surface area contributed by atoms with Crippen molar-refractivity contribution in [1.29, 1.82) is 0 Å². The third kappa shape index (κ3) is 1.61. The molecule has 2 rings (SSSR count). The van der Waals surface area contributed by atoms with Crippen LogP contribution in [0, 0.1) is 5.82 Å². The topological polar surface area (TPSA) is 64.9 Å². The maximum Gasteiger partial charge on any atom is 0.131 e. The van der Waals surface area contributed by atoms with E-state index in [9.17, 15) is 4.39 Å². The Balaban J connectivity index is 2.65. The summed E-state index contributed by atoms with van der Waals surface area (Å²) in [5.74, 6) is -0.336. The van der Waals surface area contributed by atoms with Crippen LogP contribution in [-0.4, -0.2) is 4.98 Å². The van der Waals surface area contributed by atoms with Crippen molar-refractivity contribution in [1.82, 2.24) is 4.98 Å². The van der Waals surface area contributed by atoms with Crippen LogP contribution in [0.3, 0.4) is 0 Å². The van der Waals surface area contributed by atoms with E-state index in [-0.39, 0.29) is 5.82 Å². The Bertz CT molecular complexity index is 497. The lowest BCUT2D eigenvalue weighted by molar-refractivity contribution is 0.631. The molecule has 0 saturated heterocycles. The van der Waals surface area contributed by atoms with E-state index in [1.807, 2.05) is 0 Å². The first-order valence-electron chi connectivity index (χ1n) is 4.44. The summed E-state index contributed by atoms with van der Waals surface area (Å²) in [6.07, 6.45) is 2.95. The summed E-state index contributed by atoms with van der Waals surface area (Å²) in [5.41, 5.74) is 13.0. The molecular weight excluding hydrogens is 193 g/mol. The molecule has 0 unspecified atom stereocenters. The molecule has 3 nitrogen and oxygen atoms in total. The number of anilines is 2. The molecule has 0 amide bonds. The molecule has 0 bridgehead atoms. The van der Waals surface area contributed by atoms with Crippen molar-refractivity contribution >= 4 is 11.4 Å². The highest BCUT2D eigenvalue weighted by Gasteiger charge is 2.09. The molecule has 0 atom stereocenters. The Morgan fingerprint density at radius 1 is 1.00 bits per heavy atom. The molecule has 0 aliphatic heterocycles. The van der Waals surface area contributed by atoms with Gasteiger partial charge >= 0.3 is 0 Å². The van der Waals surface area contributed by atoms with E-state index in [4.69, 9.17) is 11.5 Å². The van der Waals surface area contributed by atoms with Crippen LogP contribution in [0.4, 0.5) is 15.8 Å². The van der Waals surface area contributed by atoms with Crippen molar-refractivity contribution in [2.75, 3.05) is 11.5 Å². The molecular formula is C11H10FN3. The third-order valence-electron chi connectivity index (χ3n) is 2.18. The Kier molecular flexibility index (Phi) is 2.25. The SMILES string of the molecule is Nc1cncc(-c2ccccc2F)c1N. The molecule has 0 fully saturated rings. The number of rotatable bonds is 1. The van der Waals surface area contributed by atoms with Gasteiger partial charge in [0.25, 0.3) is 0 Å². The van der Waals surface area contributed by atoms with E-state index in [0.29, 0.717) is 22.5 Å². The number of nitrogens with two attached hydrogens (primary N) is 2. The zero-order valence-electron chi connectivity index (χ0n) is 7.94. The van der Waals surface area contributed by atoms with Gasteiger partial charge in [-0.15, -0.1) is 0 Å². The van der Waals surface area contributed by atoms with Crippen LogP contribution in [0.2, 0.25) is 0 Å². The third-order valence-corrected chi connectivity index (χ3v) is 2.18. The van der Waals surface area contributed by atoms with Crippen molar-refractivity contribution in [3.05, 3.63) is 42.5 Å². The number of nitrogens with zero attached hydrogens (tertiary/aromatic N) is 1. The first-order valence-corrected chi connectivity index (χ1v) is 4.44. The van der Waals surface area contributed by atoms with Crippen LogP contribution < -0.4 is 11.5 Å². The van der Waals surface area contributed by atoms with Crippen molar-refractivity contribution in [2.24, 2.45) is 0 Å². The Labute approximate surface area is 86.6 Å². The van der Waals surface area contributed by atoms with Crippen LogP contribution in [0.5, 0.6) is 0 Å². The van der Waals surface area contributed by atoms with E-state index < -0.39 is 0 Å². The van der Waals surface area contributed by atoms with Crippen molar-refractivity contribution in [3.8, 4) is 11.1 Å². The standard InChI is InChI=1S/C11H10FN3/c12-9-4-2-1-3-7(9)8-5-15-6-10(13)11(8)14/h1-6H,13H2,(H2,14,15). The average Bonchev–Trinajstić information content (AvgIpc) is 2.23. The number of hydrogen-bond acceptors (Lipinski definition) is 3. The molecule has 1 heterocycles. The van der Waals surface area contributed by atoms with Gasteiger partial charge in [0.2, 0.25) is 0 Å². The molecule has 4 N–H and O–H groups in total. The molecule has 4 heteroatoms. The first kappa shape index (κ1) is 9.45. The monoisotopic (exact) mass is 203 g/mol. The minimum atomic E-state index is -0.336. The van der Waals surface area contributed by atoms with Crippen LogP contribution in [0.25, 0.3) is 11.1 Å². The maximum absolute atomic E-state index is 13.5. The lowest BCUT2D eigenvalue weighted by Gasteiger charge is -2.07. The summed E-state index contributed by atoms with van der Waals surface area (Å²) in [4.78, 5) is 3.89. The molecule has 15 heavy (non-hydrogen) atoms. The fourth-order valence-corrected chi connectivity index (χ4v) is 1.38. The number of hydrogen-bond donors (Lipinski definition) is 2. The molecule has 76 valence electrons. The van der Waals surface area contributed by atoms with E-state index >= 15 is 0 Å². The smallest absolute Gasteiger partial charge is 0.131 e. The molecule has 2 aromatic rings. The summed E-state index contributed by atoms with van der Waals surface area (Å²) >= 11 is 0. The average molecular weight is 203 g/mol. The van der Waals surface area contributed by atoms with E-state index in [1.165, 1.54) is 18.5 Å². The van der Waals surface area contributed by atoms with Crippen molar-refractivity contribution < 1.29 is 4.39 Å². The number of halogens is 1. The van der Waals surface area contributed by atoms with Gasteiger partial charge in [-0.1, -0.05) is 18.2 Å². The highest BCUT2D eigenvalue weighted by molar-refractivity contribution is 5.83. The Hall–Kier alpha value is -2.10. The van der Waals surface area contributed by atoms with Gasteiger partial charge in [-0.05, 0) is 6.07 Å². The van der Waals surface area contributed by atoms with Gasteiger partial charge in [0.1, 0.15) is 5.82 Å². The van der Waals surface area contributed by atoms with Gasteiger partial charge in [0.15, 0.2) is 0 Å². The summed E-state index contributed by atoms with van der Waals surface area (Å²) in [7, 11) is 0. The van der Waals surface area contributed by atoms with Crippen LogP contribution in [-0.2, 0) is 0 Å². The number of nitrogen functional groups attached to an aromatic ring is 2. The predicted molar refractivity (Wildman–Crippen MR) is 58.5 cm³/mol. The second-order valence-electron chi connectivity index (χ2n) is 3.17. The lowest BCUT2D eigenvalue weighted by atomic mass is 10.1. The van der Waals surface area contributed by atoms with Gasteiger partial charge in [-0.3, -0.25) is 4.98 Å². The van der Waals surface area contributed by atoms with E-state index in [0.717, 1.165) is 0 Å². The number of benzene rings is 1. The van der Waals surface area contributed by atoms with Crippen LogP contribution in [0.1, 0.15) is 0 Å². The highest BCUT2D eigenvalue weighted by Crippen LogP contribution is 2.30. The van der Waals surface area contributed by atoms with Crippen molar-refractivity contribution in [3.63, 3.8) is 0 Å². The van der Waals surface area contributed by atoms with Crippen molar-refractivity contribution in [2.45, 2.75) is 0 Å². The normalized spacial score (nSPS) is 10.2. The second kappa shape index (κ2) is 3.57. The number of pyridine rings is 1.